The predicted octanol–water partition coefficient (Wildman–Crippen LogP) is -0.473. The average Bonchev–Trinajstić information content (AvgIpc) is 2.78. The van der Waals surface area contributed by atoms with Gasteiger partial charge < -0.3 is 20.3 Å². The van der Waals surface area contributed by atoms with E-state index >= 15 is 0 Å². The molecule has 1 aliphatic heterocycles. The molecule has 0 fully saturated rings. The van der Waals surface area contributed by atoms with E-state index in [-0.39, 0.29) is 30.9 Å². The molecule has 1 atom stereocenters. The normalized spacial score (nSPS) is 15.6. The lowest BCUT2D eigenvalue weighted by Crippen LogP contribution is -2.35. The number of carboxylic acid groups (broad SMARTS) is 1. The maximum atomic E-state index is 11.3. The Labute approximate surface area is 128 Å². The van der Waals surface area contributed by atoms with Gasteiger partial charge >= 0.3 is 5.97 Å². The molecule has 0 bridgehead atoms. The van der Waals surface area contributed by atoms with Crippen LogP contribution in [-0.4, -0.2) is 66.8 Å². The van der Waals surface area contributed by atoms with E-state index in [0.29, 0.717) is 39.2 Å². The number of aliphatic carboxylic acids is 1. The van der Waals surface area contributed by atoms with Crippen molar-refractivity contribution in [3.63, 3.8) is 0 Å². The smallest absolute Gasteiger partial charge is 0.305 e. The largest absolute Gasteiger partial charge is 0.481 e. The van der Waals surface area contributed by atoms with Crippen LogP contribution in [0, 0.1) is 0 Å². The Hall–Kier alpha value is -1.77. The molecule has 0 saturated heterocycles. The van der Waals surface area contributed by atoms with E-state index in [1.54, 1.807) is 0 Å². The first-order valence-corrected chi connectivity index (χ1v) is 7.17. The summed E-state index contributed by atoms with van der Waals surface area (Å²) in [7, 11) is 0. The average molecular weight is 314 g/mol. The summed E-state index contributed by atoms with van der Waals surface area (Å²) in [6.07, 6.45) is 3.62. The van der Waals surface area contributed by atoms with Crippen molar-refractivity contribution in [3.8, 4) is 0 Å². The number of hydrogen-bond acceptors (Lipinski definition) is 6. The third-order valence-corrected chi connectivity index (χ3v) is 3.09. The van der Waals surface area contributed by atoms with Gasteiger partial charge in [-0.3, -0.25) is 19.3 Å². The zero-order chi connectivity index (χ0) is 16.4. The highest BCUT2D eigenvalue weighted by Gasteiger charge is 2.23. The highest BCUT2D eigenvalue weighted by Crippen LogP contribution is 2.06. The minimum Gasteiger partial charge on any atom is -0.481 e. The molecule has 22 heavy (non-hydrogen) atoms. The molecular weight excluding hydrogens is 292 g/mol. The molecule has 1 unspecified atom stereocenters. The number of nitrogens with zero attached hydrogens (tertiary/aromatic N) is 1. The minimum atomic E-state index is -0.892. The number of imide groups is 1. The van der Waals surface area contributed by atoms with Gasteiger partial charge in [0, 0.05) is 31.3 Å². The number of amides is 2. The van der Waals surface area contributed by atoms with Crippen LogP contribution >= 0.6 is 0 Å². The lowest BCUT2D eigenvalue weighted by Gasteiger charge is -2.17. The number of ether oxygens (including phenoxy) is 2. The molecule has 0 aromatic carbocycles. The summed E-state index contributed by atoms with van der Waals surface area (Å²) in [5.74, 6) is -1.49. The fraction of sp³-hybridized carbons (Fsp3) is 0.643. The minimum absolute atomic E-state index is 0.0202. The van der Waals surface area contributed by atoms with Gasteiger partial charge in [0.2, 0.25) is 0 Å². The van der Waals surface area contributed by atoms with Crippen LogP contribution in [0.2, 0.25) is 0 Å². The SMILES string of the molecule is NC(CCOCCOCCC(=O)O)CCN1C(=O)C=CC1=O. The molecule has 0 spiro atoms. The van der Waals surface area contributed by atoms with E-state index in [1.165, 1.54) is 12.2 Å². The Balaban J connectivity index is 1.95. The second kappa shape index (κ2) is 10.0. The second-order valence-electron chi connectivity index (χ2n) is 4.87. The summed E-state index contributed by atoms with van der Waals surface area (Å²) in [6, 6.07) is -0.158. The first-order chi connectivity index (χ1) is 10.5. The highest BCUT2D eigenvalue weighted by molar-refractivity contribution is 6.12. The Morgan fingerprint density at radius 3 is 2.27 bits per heavy atom. The van der Waals surface area contributed by atoms with Gasteiger partial charge in [-0.25, -0.2) is 0 Å². The highest BCUT2D eigenvalue weighted by atomic mass is 16.5. The fourth-order valence-electron chi connectivity index (χ4n) is 1.81. The molecule has 8 nitrogen and oxygen atoms in total. The summed E-state index contributed by atoms with van der Waals surface area (Å²) >= 11 is 0. The van der Waals surface area contributed by atoms with Crippen molar-refractivity contribution in [3.05, 3.63) is 12.2 Å². The number of carbonyl (C=O) groups is 3. The molecule has 1 rings (SSSR count). The van der Waals surface area contributed by atoms with Crippen molar-refractivity contribution in [2.45, 2.75) is 25.3 Å². The van der Waals surface area contributed by atoms with E-state index in [0.717, 1.165) is 4.90 Å². The number of hydrogen-bond donors (Lipinski definition) is 2. The number of carboxylic acids is 1. The molecule has 0 saturated carbocycles. The van der Waals surface area contributed by atoms with Crippen molar-refractivity contribution >= 4 is 17.8 Å². The van der Waals surface area contributed by atoms with Crippen LogP contribution in [0.15, 0.2) is 12.2 Å². The Morgan fingerprint density at radius 1 is 1.09 bits per heavy atom. The molecule has 3 N–H and O–H groups in total. The van der Waals surface area contributed by atoms with E-state index in [1.807, 2.05) is 0 Å². The van der Waals surface area contributed by atoms with Crippen LogP contribution in [0.3, 0.4) is 0 Å². The number of rotatable bonds is 12. The maximum Gasteiger partial charge on any atom is 0.305 e. The molecule has 0 aromatic heterocycles. The van der Waals surface area contributed by atoms with E-state index in [9.17, 15) is 14.4 Å². The molecule has 0 aliphatic carbocycles. The third-order valence-electron chi connectivity index (χ3n) is 3.09. The van der Waals surface area contributed by atoms with Gasteiger partial charge in [-0.1, -0.05) is 0 Å². The summed E-state index contributed by atoms with van der Waals surface area (Å²) in [5, 5.41) is 8.40. The zero-order valence-corrected chi connectivity index (χ0v) is 12.4. The van der Waals surface area contributed by atoms with Crippen LogP contribution in [0.1, 0.15) is 19.3 Å². The lowest BCUT2D eigenvalue weighted by molar-refractivity contribution is -0.139. The fourth-order valence-corrected chi connectivity index (χ4v) is 1.81. The Bertz CT molecular complexity index is 406. The molecule has 0 radical (unpaired) electrons. The summed E-state index contributed by atoms with van der Waals surface area (Å²) in [5.41, 5.74) is 5.89. The number of carbonyl (C=O) groups excluding carboxylic acids is 2. The van der Waals surface area contributed by atoms with Gasteiger partial charge in [0.15, 0.2) is 0 Å². The Morgan fingerprint density at radius 2 is 1.68 bits per heavy atom. The van der Waals surface area contributed by atoms with E-state index < -0.39 is 5.97 Å². The third kappa shape index (κ3) is 7.30. The summed E-state index contributed by atoms with van der Waals surface area (Å²) in [6.45, 7) is 1.64. The molecular formula is C14H22N2O6. The molecule has 1 heterocycles. The monoisotopic (exact) mass is 314 g/mol. The van der Waals surface area contributed by atoms with Crippen LogP contribution < -0.4 is 5.73 Å². The standard InChI is InChI=1S/C14H22N2O6/c15-11(3-6-16-12(17)1-2-13(16)18)4-7-21-9-10-22-8-5-14(19)20/h1-2,11H,3-10,15H2,(H,19,20). The molecule has 8 heteroatoms. The van der Waals surface area contributed by atoms with Gasteiger partial charge in [0.05, 0.1) is 26.2 Å². The summed E-state index contributed by atoms with van der Waals surface area (Å²) < 4.78 is 10.4. The van der Waals surface area contributed by atoms with Crippen LogP contribution in [0.4, 0.5) is 0 Å². The van der Waals surface area contributed by atoms with Crippen LogP contribution in [0.5, 0.6) is 0 Å². The molecule has 1 aliphatic rings. The second-order valence-corrected chi connectivity index (χ2v) is 4.87. The molecule has 124 valence electrons. The van der Waals surface area contributed by atoms with Crippen molar-refractivity contribution in [2.24, 2.45) is 5.73 Å². The topological polar surface area (TPSA) is 119 Å². The molecule has 0 aromatic rings. The molecule has 2 amide bonds. The predicted molar refractivity (Wildman–Crippen MR) is 77.0 cm³/mol. The van der Waals surface area contributed by atoms with Crippen molar-refractivity contribution < 1.29 is 29.0 Å². The van der Waals surface area contributed by atoms with Gasteiger partial charge in [0.25, 0.3) is 11.8 Å². The summed E-state index contributed by atoms with van der Waals surface area (Å²) in [4.78, 5) is 34.1. The van der Waals surface area contributed by atoms with Crippen LogP contribution in [-0.2, 0) is 23.9 Å². The maximum absolute atomic E-state index is 11.3. The first kappa shape index (κ1) is 18.3. The first-order valence-electron chi connectivity index (χ1n) is 7.17. The van der Waals surface area contributed by atoms with E-state index in [4.69, 9.17) is 20.3 Å². The quantitative estimate of drug-likeness (QED) is 0.369. The van der Waals surface area contributed by atoms with Crippen molar-refractivity contribution in [1.29, 1.82) is 0 Å². The van der Waals surface area contributed by atoms with Crippen molar-refractivity contribution in [2.75, 3.05) is 33.0 Å². The Kier molecular flexibility index (Phi) is 8.34. The van der Waals surface area contributed by atoms with E-state index in [2.05, 4.69) is 0 Å². The van der Waals surface area contributed by atoms with Crippen molar-refractivity contribution in [1.82, 2.24) is 4.90 Å². The number of nitrogens with two attached hydrogens (primary N) is 1. The van der Waals surface area contributed by atoms with Crippen LogP contribution in [0.25, 0.3) is 0 Å². The lowest BCUT2D eigenvalue weighted by atomic mass is 10.1. The van der Waals surface area contributed by atoms with Gasteiger partial charge in [-0.05, 0) is 12.8 Å². The zero-order valence-electron chi connectivity index (χ0n) is 12.4. The van der Waals surface area contributed by atoms with Gasteiger partial charge in [0.1, 0.15) is 0 Å². The van der Waals surface area contributed by atoms with Gasteiger partial charge in [-0.15, -0.1) is 0 Å². The van der Waals surface area contributed by atoms with Gasteiger partial charge in [-0.2, -0.15) is 0 Å².